The summed E-state index contributed by atoms with van der Waals surface area (Å²) in [7, 11) is 19.8. The SMILES string of the molecule is NCl.[Cl][Zn][Cl].[Cl][Zn][Cl]. The van der Waals surface area contributed by atoms with E-state index in [-0.39, 0.29) is 0 Å². The van der Waals surface area contributed by atoms with Crippen LogP contribution in [0, 0.1) is 0 Å². The molecule has 0 atom stereocenters. The van der Waals surface area contributed by atoms with Crippen LogP contribution in [-0.2, 0) is 30.3 Å². The molecule has 0 heterocycles. The molecule has 0 aliphatic heterocycles. The van der Waals surface area contributed by atoms with Gasteiger partial charge in [-0.25, -0.2) is 5.25 Å². The molecule has 1 nitrogen and oxygen atoms in total. The van der Waals surface area contributed by atoms with E-state index in [2.05, 4.69) is 17.0 Å². The van der Waals surface area contributed by atoms with Crippen LogP contribution in [0.1, 0.15) is 0 Å². The maximum absolute atomic E-state index is 4.95. The van der Waals surface area contributed by atoms with Crippen LogP contribution < -0.4 is 5.25 Å². The zero-order valence-electron chi connectivity index (χ0n) is 3.88. The predicted molar refractivity (Wildman–Crippen MR) is 33.5 cm³/mol. The third-order valence-corrected chi connectivity index (χ3v) is 0. The van der Waals surface area contributed by atoms with Gasteiger partial charge in [0.2, 0.25) is 0 Å². The van der Waals surface area contributed by atoms with E-state index in [9.17, 15) is 0 Å². The predicted octanol–water partition coefficient (Wildman–Crippen LogP) is 2.85. The molecular formula is H2Cl5NZn2. The van der Waals surface area contributed by atoms with Gasteiger partial charge in [-0.1, -0.05) is 0 Å². The molecule has 8 heavy (non-hydrogen) atoms. The summed E-state index contributed by atoms with van der Waals surface area (Å²) in [6.45, 7) is 0. The van der Waals surface area contributed by atoms with Crippen molar-refractivity contribution < 1.29 is 30.3 Å². The van der Waals surface area contributed by atoms with Crippen molar-refractivity contribution in [1.82, 2.24) is 0 Å². The molecule has 0 aromatic heterocycles. The first-order chi connectivity index (χ1) is 3.83. The van der Waals surface area contributed by atoms with Gasteiger partial charge in [0.05, 0.1) is 0 Å². The van der Waals surface area contributed by atoms with Crippen molar-refractivity contribution in [1.29, 1.82) is 0 Å². The molecule has 0 bridgehead atoms. The first-order valence-electron chi connectivity index (χ1n) is 1.29. The van der Waals surface area contributed by atoms with Crippen LogP contribution in [0.2, 0.25) is 0 Å². The standard InChI is InChI=1S/ClH2N.4ClH.2Zn/c1-2;;;;;;/h2H2;4*1H;;/q;;;;;2*+2/p-4. The van der Waals surface area contributed by atoms with Crippen molar-refractivity contribution in [2.24, 2.45) is 5.25 Å². The number of rotatable bonds is 0. The van der Waals surface area contributed by atoms with Crippen molar-refractivity contribution in [3.05, 3.63) is 0 Å². The molecule has 0 aromatic rings. The van der Waals surface area contributed by atoms with E-state index in [0.717, 1.165) is 0 Å². The molecule has 0 saturated heterocycles. The molecule has 0 saturated carbocycles. The second-order valence-electron chi connectivity index (χ2n) is 0.202. The Balaban J connectivity index is -0.0000000483. The monoisotopic (exact) mass is 319 g/mol. The molecule has 2 N–H and O–H groups in total. The van der Waals surface area contributed by atoms with Crippen molar-refractivity contribution >= 4 is 50.5 Å². The molecule has 0 amide bonds. The second kappa shape index (κ2) is 33.4. The zero-order valence-corrected chi connectivity index (χ0v) is 13.6. The van der Waals surface area contributed by atoms with Gasteiger partial charge < -0.3 is 0 Å². The average Bonchev–Trinajstić information content (AvgIpc) is 1.75. The van der Waals surface area contributed by atoms with Crippen molar-refractivity contribution in [2.45, 2.75) is 0 Å². The van der Waals surface area contributed by atoms with E-state index in [1.807, 2.05) is 0 Å². The summed E-state index contributed by atoms with van der Waals surface area (Å²) in [5.41, 5.74) is 0. The van der Waals surface area contributed by atoms with Crippen LogP contribution >= 0.6 is 50.5 Å². The van der Waals surface area contributed by atoms with Gasteiger partial charge >= 0.3 is 69.1 Å². The minimum atomic E-state index is -0.931. The van der Waals surface area contributed by atoms with Gasteiger partial charge in [-0.05, 0) is 11.8 Å². The van der Waals surface area contributed by atoms with Crippen LogP contribution in [0.4, 0.5) is 0 Å². The quantitative estimate of drug-likeness (QED) is 0.538. The van der Waals surface area contributed by atoms with Crippen LogP contribution in [-0.4, -0.2) is 0 Å². The summed E-state index contributed by atoms with van der Waals surface area (Å²) in [5.74, 6) is 0. The topological polar surface area (TPSA) is 26.0 Å². The van der Waals surface area contributed by atoms with Crippen LogP contribution in [0.3, 0.4) is 0 Å². The van der Waals surface area contributed by atoms with E-state index >= 15 is 0 Å². The zero-order chi connectivity index (χ0) is 7.41. The minimum absolute atomic E-state index is 0.931. The summed E-state index contributed by atoms with van der Waals surface area (Å²) in [6, 6.07) is 0. The molecule has 0 radical (unpaired) electrons. The number of hydrogen-bond acceptors (Lipinski definition) is 1. The molecular weight excluding hydrogens is 322 g/mol. The molecule has 0 aromatic carbocycles. The molecule has 0 unspecified atom stereocenters. The van der Waals surface area contributed by atoms with E-state index in [4.69, 9.17) is 38.8 Å². The number of halogens is 5. The van der Waals surface area contributed by atoms with Crippen LogP contribution in [0.15, 0.2) is 0 Å². The molecule has 8 heteroatoms. The van der Waals surface area contributed by atoms with Gasteiger partial charge in [-0.2, -0.15) is 0 Å². The Hall–Kier alpha value is 2.66. The fraction of sp³-hybridized carbons (Fsp3) is 0. The Bertz CT molecular complexity index is 12.4. The molecule has 0 fully saturated rings. The van der Waals surface area contributed by atoms with Gasteiger partial charge in [-0.15, -0.1) is 0 Å². The Labute approximate surface area is 85.0 Å². The summed E-state index contributed by atoms with van der Waals surface area (Å²) in [5, 5.41) is 3.97. The summed E-state index contributed by atoms with van der Waals surface area (Å²) < 4.78 is 0. The number of nitrogens with two attached hydrogens (primary N) is 1. The second-order valence-corrected chi connectivity index (χ2v) is 9.45. The van der Waals surface area contributed by atoms with E-state index in [0.29, 0.717) is 0 Å². The summed E-state index contributed by atoms with van der Waals surface area (Å²) in [6.07, 6.45) is 0. The summed E-state index contributed by atoms with van der Waals surface area (Å²) >= 11 is 2.28. The molecule has 0 spiro atoms. The van der Waals surface area contributed by atoms with E-state index < -0.39 is 30.3 Å². The Morgan fingerprint density at radius 3 is 0.750 bits per heavy atom. The van der Waals surface area contributed by atoms with E-state index in [1.165, 1.54) is 0 Å². The molecule has 0 aliphatic rings. The maximum atomic E-state index is 4.95. The Morgan fingerprint density at radius 2 is 0.750 bits per heavy atom. The first-order valence-corrected chi connectivity index (χ1v) is 17.3. The Morgan fingerprint density at radius 1 is 0.750 bits per heavy atom. The van der Waals surface area contributed by atoms with Gasteiger partial charge in [0, 0.05) is 0 Å². The Kier molecular flexibility index (Phi) is 70.7. The molecule has 46 valence electrons. The third-order valence-electron chi connectivity index (χ3n) is 0. The molecule has 0 rings (SSSR count). The van der Waals surface area contributed by atoms with Crippen molar-refractivity contribution in [3.8, 4) is 0 Å². The summed E-state index contributed by atoms with van der Waals surface area (Å²) in [4.78, 5) is 0. The van der Waals surface area contributed by atoms with Crippen LogP contribution in [0.25, 0.3) is 0 Å². The van der Waals surface area contributed by atoms with Gasteiger partial charge in [-0.3, -0.25) is 0 Å². The fourth-order valence-electron chi connectivity index (χ4n) is 0. The number of hydrogen-bond donors (Lipinski definition) is 1. The van der Waals surface area contributed by atoms with Gasteiger partial charge in [0.15, 0.2) is 0 Å². The van der Waals surface area contributed by atoms with E-state index in [1.54, 1.807) is 0 Å². The van der Waals surface area contributed by atoms with Gasteiger partial charge in [0.25, 0.3) is 0 Å². The van der Waals surface area contributed by atoms with Crippen molar-refractivity contribution in [3.63, 3.8) is 0 Å². The van der Waals surface area contributed by atoms with Crippen molar-refractivity contribution in [2.75, 3.05) is 0 Å². The van der Waals surface area contributed by atoms with Gasteiger partial charge in [0.1, 0.15) is 0 Å². The third kappa shape index (κ3) is 71.9. The van der Waals surface area contributed by atoms with Crippen LogP contribution in [0.5, 0.6) is 0 Å². The average molecular weight is 324 g/mol. The first kappa shape index (κ1) is 17.0. The normalized spacial score (nSPS) is 3.25. The molecule has 0 aliphatic carbocycles. The fourth-order valence-corrected chi connectivity index (χ4v) is 0.